The van der Waals surface area contributed by atoms with Gasteiger partial charge in [-0.1, -0.05) is 79.3 Å². The summed E-state index contributed by atoms with van der Waals surface area (Å²) in [5.41, 5.74) is 3.04. The molecule has 1 aliphatic carbocycles. The highest BCUT2D eigenvalue weighted by Crippen LogP contribution is 2.33. The molecule has 1 aromatic heterocycles. The van der Waals surface area contributed by atoms with Crippen LogP contribution in [-0.4, -0.2) is 38.4 Å². The Morgan fingerprint density at radius 1 is 1.26 bits per heavy atom. The van der Waals surface area contributed by atoms with E-state index < -0.39 is 0 Å². The van der Waals surface area contributed by atoms with E-state index >= 15 is 0 Å². The lowest BCUT2D eigenvalue weighted by molar-refractivity contribution is -0.152. The number of β-lactam (4-membered cyclic amide) rings is 1. The second kappa shape index (κ2) is 7.74. The molecule has 1 unspecified atom stereocenters. The molecule has 2 atom stereocenters. The number of aromatic nitrogens is 3. The molecule has 0 spiro atoms. The molecule has 0 radical (unpaired) electrons. The van der Waals surface area contributed by atoms with Crippen LogP contribution in [0.3, 0.4) is 0 Å². The predicted octanol–water partition coefficient (Wildman–Crippen LogP) is 3.89. The average Bonchev–Trinajstić information content (AvgIpc) is 3.38. The van der Waals surface area contributed by atoms with E-state index in [0.717, 1.165) is 42.6 Å². The summed E-state index contributed by atoms with van der Waals surface area (Å²) < 4.78 is 1.73. The zero-order valence-corrected chi connectivity index (χ0v) is 15.5. The highest BCUT2D eigenvalue weighted by molar-refractivity contribution is 5.89. The van der Waals surface area contributed by atoms with Gasteiger partial charge in [-0.15, -0.1) is 5.10 Å². The van der Waals surface area contributed by atoms with Crippen LogP contribution < -0.4 is 0 Å². The van der Waals surface area contributed by atoms with E-state index in [1.54, 1.807) is 4.68 Å². The van der Waals surface area contributed by atoms with Crippen LogP contribution in [0.4, 0.5) is 0 Å². The fraction of sp³-hybridized carbons (Fsp3) is 0.318. The van der Waals surface area contributed by atoms with E-state index in [-0.39, 0.29) is 18.0 Å². The highest BCUT2D eigenvalue weighted by atomic mass is 16.2. The fourth-order valence-corrected chi connectivity index (χ4v) is 3.58. The maximum absolute atomic E-state index is 12.8. The van der Waals surface area contributed by atoms with Gasteiger partial charge < -0.3 is 4.90 Å². The number of allylic oxidation sites excluding steroid dienone is 4. The van der Waals surface area contributed by atoms with Gasteiger partial charge in [-0.3, -0.25) is 4.79 Å². The first kappa shape index (κ1) is 17.5. The Balaban J connectivity index is 1.57. The average molecular weight is 360 g/mol. The second-order valence-corrected chi connectivity index (χ2v) is 6.97. The third-order valence-electron chi connectivity index (χ3n) is 5.12. The molecule has 138 valence electrons. The maximum atomic E-state index is 12.8. The maximum Gasteiger partial charge on any atom is 0.250 e. The molecule has 27 heavy (non-hydrogen) atoms. The highest BCUT2D eigenvalue weighted by Gasteiger charge is 2.47. The molecule has 1 aromatic carbocycles. The Bertz CT molecular complexity index is 894. The summed E-state index contributed by atoms with van der Waals surface area (Å²) in [6.45, 7) is 2.92. The van der Waals surface area contributed by atoms with Crippen molar-refractivity contribution in [3.63, 3.8) is 0 Å². The fourth-order valence-electron chi connectivity index (χ4n) is 3.58. The molecule has 5 heteroatoms. The minimum Gasteiger partial charge on any atom is -0.332 e. The molecule has 0 N–H and O–H groups in total. The first-order valence-corrected chi connectivity index (χ1v) is 9.60. The van der Waals surface area contributed by atoms with Gasteiger partial charge in [-0.05, 0) is 24.0 Å². The van der Waals surface area contributed by atoms with Crippen LogP contribution in [0.5, 0.6) is 0 Å². The van der Waals surface area contributed by atoms with Gasteiger partial charge in [0, 0.05) is 6.54 Å². The van der Waals surface area contributed by atoms with Gasteiger partial charge >= 0.3 is 0 Å². The van der Waals surface area contributed by atoms with E-state index in [0.29, 0.717) is 0 Å². The van der Waals surface area contributed by atoms with Crippen molar-refractivity contribution in [2.45, 2.75) is 38.3 Å². The topological polar surface area (TPSA) is 51.0 Å². The van der Waals surface area contributed by atoms with Crippen molar-refractivity contribution < 1.29 is 4.79 Å². The molecule has 1 saturated heterocycles. The molecule has 1 aliphatic heterocycles. The number of nitrogens with zero attached hydrogens (tertiary/aromatic N) is 4. The van der Waals surface area contributed by atoms with Crippen LogP contribution in [0.25, 0.3) is 11.6 Å². The second-order valence-electron chi connectivity index (χ2n) is 6.97. The molecule has 1 amide bonds. The first-order chi connectivity index (χ1) is 13.3. The number of carbonyl (C=O) groups is 1. The minimum atomic E-state index is -0.311. The van der Waals surface area contributed by atoms with Crippen molar-refractivity contribution in [2.24, 2.45) is 0 Å². The largest absolute Gasteiger partial charge is 0.332 e. The summed E-state index contributed by atoms with van der Waals surface area (Å²) >= 11 is 0. The van der Waals surface area contributed by atoms with Crippen molar-refractivity contribution in [1.82, 2.24) is 19.9 Å². The monoisotopic (exact) mass is 360 g/mol. The van der Waals surface area contributed by atoms with Crippen LogP contribution in [-0.2, 0) is 4.79 Å². The molecule has 1 fully saturated rings. The SMILES string of the molecule is CCCCN1C(=O)C(n2cc(C3=CCC=C3)nn2)[C@H]1/C=C/c1ccccc1. The molecule has 4 rings (SSSR count). The van der Waals surface area contributed by atoms with Gasteiger partial charge in [0.1, 0.15) is 5.69 Å². The molecule has 2 aromatic rings. The van der Waals surface area contributed by atoms with Crippen molar-refractivity contribution in [3.8, 4) is 0 Å². The quantitative estimate of drug-likeness (QED) is 0.704. The van der Waals surface area contributed by atoms with Crippen LogP contribution in [0.15, 0.2) is 60.8 Å². The normalized spacial score (nSPS) is 21.7. The number of rotatable bonds is 7. The molecule has 5 nitrogen and oxygen atoms in total. The van der Waals surface area contributed by atoms with E-state index in [2.05, 4.69) is 59.7 Å². The Morgan fingerprint density at radius 3 is 2.85 bits per heavy atom. The minimum absolute atomic E-state index is 0.00639. The van der Waals surface area contributed by atoms with Crippen molar-refractivity contribution in [3.05, 3.63) is 72.1 Å². The van der Waals surface area contributed by atoms with E-state index in [1.165, 1.54) is 0 Å². The van der Waals surface area contributed by atoms with Gasteiger partial charge in [-0.25, -0.2) is 4.68 Å². The van der Waals surface area contributed by atoms with E-state index in [1.807, 2.05) is 29.3 Å². The third kappa shape index (κ3) is 3.50. The van der Waals surface area contributed by atoms with Gasteiger partial charge in [0.15, 0.2) is 6.04 Å². The lowest BCUT2D eigenvalue weighted by atomic mass is 9.93. The number of likely N-dealkylation sites (tertiary alicyclic amines) is 1. The standard InChI is InChI=1S/C22H24N4O/c1-2-3-15-25-20(14-13-17-9-5-4-6-10-17)21(22(25)27)26-16-19(23-24-26)18-11-7-8-12-18/h4-7,9-14,16,20-21H,2-3,8,15H2,1H3/b14-13+/t20-,21?/m1/s1. The van der Waals surface area contributed by atoms with Gasteiger partial charge in [0.25, 0.3) is 5.91 Å². The molecule has 2 heterocycles. The molecule has 2 aliphatic rings. The molecular formula is C22H24N4O. The zero-order valence-electron chi connectivity index (χ0n) is 15.5. The van der Waals surface area contributed by atoms with E-state index in [4.69, 9.17) is 0 Å². The van der Waals surface area contributed by atoms with Crippen LogP contribution in [0, 0.1) is 0 Å². The number of benzene rings is 1. The number of unbranched alkanes of at least 4 members (excludes halogenated alkanes) is 1. The first-order valence-electron chi connectivity index (χ1n) is 9.60. The van der Waals surface area contributed by atoms with Crippen molar-refractivity contribution in [1.29, 1.82) is 0 Å². The summed E-state index contributed by atoms with van der Waals surface area (Å²) in [5.74, 6) is 0.124. The number of hydrogen-bond acceptors (Lipinski definition) is 3. The summed E-state index contributed by atoms with van der Waals surface area (Å²) in [7, 11) is 0. The summed E-state index contributed by atoms with van der Waals surface area (Å²) in [5, 5.41) is 8.54. The number of amides is 1. The molecule has 0 bridgehead atoms. The smallest absolute Gasteiger partial charge is 0.250 e. The Hall–Kier alpha value is -2.95. The Kier molecular flexibility index (Phi) is 5.01. The summed E-state index contributed by atoms with van der Waals surface area (Å²) in [6.07, 6.45) is 15.4. The number of hydrogen-bond donors (Lipinski definition) is 0. The zero-order chi connectivity index (χ0) is 18.6. The van der Waals surface area contributed by atoms with Gasteiger partial charge in [0.05, 0.1) is 12.2 Å². The summed E-state index contributed by atoms with van der Waals surface area (Å²) in [4.78, 5) is 14.7. The van der Waals surface area contributed by atoms with Crippen LogP contribution in [0.2, 0.25) is 0 Å². The van der Waals surface area contributed by atoms with E-state index in [9.17, 15) is 4.79 Å². The Labute approximate surface area is 159 Å². The lowest BCUT2D eigenvalue weighted by Crippen LogP contribution is -2.60. The van der Waals surface area contributed by atoms with Gasteiger partial charge in [-0.2, -0.15) is 0 Å². The third-order valence-corrected chi connectivity index (χ3v) is 5.12. The lowest BCUT2D eigenvalue weighted by Gasteiger charge is -2.45. The molecular weight excluding hydrogens is 336 g/mol. The predicted molar refractivity (Wildman–Crippen MR) is 107 cm³/mol. The van der Waals surface area contributed by atoms with Gasteiger partial charge in [0.2, 0.25) is 0 Å². The Morgan fingerprint density at radius 2 is 2.11 bits per heavy atom. The number of carbonyl (C=O) groups excluding carboxylic acids is 1. The van der Waals surface area contributed by atoms with Crippen molar-refractivity contribution >= 4 is 17.6 Å². The van der Waals surface area contributed by atoms with Crippen LogP contribution in [0.1, 0.15) is 43.5 Å². The molecule has 0 saturated carbocycles. The van der Waals surface area contributed by atoms with Crippen molar-refractivity contribution in [2.75, 3.05) is 6.54 Å². The summed E-state index contributed by atoms with van der Waals surface area (Å²) in [6, 6.07) is 9.86. The van der Waals surface area contributed by atoms with Crippen LogP contribution >= 0.6 is 0 Å².